The lowest BCUT2D eigenvalue weighted by Gasteiger charge is -2.45. The van der Waals surface area contributed by atoms with Gasteiger partial charge in [0.05, 0.1) is 0 Å². The Morgan fingerprint density at radius 1 is 0.960 bits per heavy atom. The molecule has 0 aromatic heterocycles. The van der Waals surface area contributed by atoms with Gasteiger partial charge in [0.2, 0.25) is 0 Å². The molecule has 2 N–H and O–H groups in total. The molecule has 0 spiro atoms. The molecule has 142 valence electrons. The monoisotopic (exact) mass is 412 g/mol. The summed E-state index contributed by atoms with van der Waals surface area (Å²) < 4.78 is 0. The van der Waals surface area contributed by atoms with E-state index in [0.717, 1.165) is 32.6 Å². The molecule has 2 heterocycles. The van der Waals surface area contributed by atoms with Crippen LogP contribution in [0.25, 0.3) is 0 Å². The molecular formula is C20H33BrN2O2. The predicted octanol–water partition coefficient (Wildman–Crippen LogP) is 4.25. The van der Waals surface area contributed by atoms with Gasteiger partial charge < -0.3 is 15.1 Å². The van der Waals surface area contributed by atoms with Gasteiger partial charge in [-0.1, -0.05) is 39.0 Å². The first-order valence-electron chi connectivity index (χ1n) is 9.70. The van der Waals surface area contributed by atoms with E-state index in [2.05, 4.69) is 16.7 Å². The third kappa shape index (κ3) is 5.11. The van der Waals surface area contributed by atoms with Crippen LogP contribution in [-0.4, -0.2) is 52.7 Å². The Morgan fingerprint density at radius 2 is 1.68 bits per heavy atom. The van der Waals surface area contributed by atoms with Crippen LogP contribution < -0.4 is 0 Å². The third-order valence-corrected chi connectivity index (χ3v) is 5.67. The molecule has 0 bridgehead atoms. The SMILES string of the molecule is Br.CCCCCCCCN1CCN2CCc3cc(O)c(O)cc3C2C1. The van der Waals surface area contributed by atoms with Crippen LogP contribution in [0.1, 0.15) is 62.6 Å². The number of phenolic OH excluding ortho intramolecular Hbond substituents is 2. The van der Waals surface area contributed by atoms with Gasteiger partial charge in [-0.05, 0) is 42.6 Å². The van der Waals surface area contributed by atoms with Crippen molar-refractivity contribution in [3.8, 4) is 11.5 Å². The fraction of sp³-hybridized carbons (Fsp3) is 0.700. The molecule has 1 atom stereocenters. The van der Waals surface area contributed by atoms with Crippen LogP contribution in [0.15, 0.2) is 12.1 Å². The van der Waals surface area contributed by atoms with Crippen molar-refractivity contribution in [3.63, 3.8) is 0 Å². The van der Waals surface area contributed by atoms with Crippen molar-refractivity contribution in [2.24, 2.45) is 0 Å². The van der Waals surface area contributed by atoms with Gasteiger partial charge in [-0.25, -0.2) is 0 Å². The molecule has 1 fully saturated rings. The highest BCUT2D eigenvalue weighted by molar-refractivity contribution is 8.93. The Hall–Kier alpha value is -0.780. The molecule has 1 aromatic rings. The summed E-state index contributed by atoms with van der Waals surface area (Å²) in [6, 6.07) is 3.92. The van der Waals surface area contributed by atoms with Crippen LogP contribution in [-0.2, 0) is 6.42 Å². The first-order valence-corrected chi connectivity index (χ1v) is 9.70. The average Bonchev–Trinajstić information content (AvgIpc) is 2.59. The van der Waals surface area contributed by atoms with E-state index in [1.54, 1.807) is 12.1 Å². The van der Waals surface area contributed by atoms with E-state index in [-0.39, 0.29) is 28.5 Å². The molecule has 5 heteroatoms. The fourth-order valence-corrected chi connectivity index (χ4v) is 4.19. The van der Waals surface area contributed by atoms with Gasteiger partial charge in [-0.2, -0.15) is 0 Å². The van der Waals surface area contributed by atoms with Crippen molar-refractivity contribution in [2.45, 2.75) is 57.9 Å². The van der Waals surface area contributed by atoms with Crippen molar-refractivity contribution >= 4 is 17.0 Å². The second-order valence-corrected chi connectivity index (χ2v) is 7.41. The lowest BCUT2D eigenvalue weighted by molar-refractivity contribution is 0.0660. The van der Waals surface area contributed by atoms with E-state index >= 15 is 0 Å². The maximum atomic E-state index is 9.89. The molecule has 1 saturated heterocycles. The van der Waals surface area contributed by atoms with E-state index < -0.39 is 0 Å². The summed E-state index contributed by atoms with van der Waals surface area (Å²) in [5.41, 5.74) is 2.41. The van der Waals surface area contributed by atoms with Crippen molar-refractivity contribution in [1.29, 1.82) is 0 Å². The Bertz CT molecular complexity index is 553. The summed E-state index contributed by atoms with van der Waals surface area (Å²) in [7, 11) is 0. The normalized spacial score (nSPS) is 20.6. The fourth-order valence-electron chi connectivity index (χ4n) is 4.19. The summed E-state index contributed by atoms with van der Waals surface area (Å²) in [6.07, 6.45) is 9.03. The number of hydrogen-bond acceptors (Lipinski definition) is 4. The average molecular weight is 413 g/mol. The maximum Gasteiger partial charge on any atom is 0.157 e. The summed E-state index contributed by atoms with van der Waals surface area (Å²) in [5, 5.41) is 19.6. The molecule has 4 nitrogen and oxygen atoms in total. The number of nitrogens with zero attached hydrogens (tertiary/aromatic N) is 2. The zero-order valence-electron chi connectivity index (χ0n) is 15.4. The molecular weight excluding hydrogens is 380 g/mol. The summed E-state index contributed by atoms with van der Waals surface area (Å²) in [4.78, 5) is 5.12. The molecule has 3 rings (SSSR count). The van der Waals surface area contributed by atoms with Gasteiger partial charge in [0.25, 0.3) is 0 Å². The van der Waals surface area contributed by atoms with Crippen LogP contribution in [0.5, 0.6) is 11.5 Å². The molecule has 0 aliphatic carbocycles. The first-order chi connectivity index (χ1) is 11.7. The van der Waals surface area contributed by atoms with Crippen LogP contribution in [0.2, 0.25) is 0 Å². The van der Waals surface area contributed by atoms with E-state index in [0.29, 0.717) is 6.04 Å². The molecule has 2 aliphatic heterocycles. The van der Waals surface area contributed by atoms with Gasteiger partial charge in [0.1, 0.15) is 0 Å². The maximum absolute atomic E-state index is 9.89. The Kier molecular flexibility index (Phi) is 8.04. The Labute approximate surface area is 162 Å². The number of unbranched alkanes of at least 4 members (excludes halogenated alkanes) is 5. The zero-order valence-corrected chi connectivity index (χ0v) is 17.1. The summed E-state index contributed by atoms with van der Waals surface area (Å²) in [6.45, 7) is 7.83. The number of piperazine rings is 1. The predicted molar refractivity (Wildman–Crippen MR) is 108 cm³/mol. The van der Waals surface area contributed by atoms with Gasteiger partial charge >= 0.3 is 0 Å². The van der Waals surface area contributed by atoms with E-state index in [9.17, 15) is 10.2 Å². The summed E-state index contributed by atoms with van der Waals surface area (Å²) >= 11 is 0. The van der Waals surface area contributed by atoms with E-state index in [1.807, 2.05) is 0 Å². The molecule has 0 saturated carbocycles. The van der Waals surface area contributed by atoms with Crippen LogP contribution in [0, 0.1) is 0 Å². The molecule has 1 aromatic carbocycles. The second-order valence-electron chi connectivity index (χ2n) is 7.41. The minimum Gasteiger partial charge on any atom is -0.504 e. The lowest BCUT2D eigenvalue weighted by atomic mass is 9.90. The standard InChI is InChI=1S/C20H32N2O2.BrH/c1-2-3-4-5-6-7-9-21-11-12-22-10-8-16-13-19(23)20(24)14-17(16)18(22)15-21;/h13-14,18,23-24H,2-12,15H2,1H3;1H. The quantitative estimate of drug-likeness (QED) is 0.518. The minimum atomic E-state index is 0. The van der Waals surface area contributed by atoms with Gasteiger partial charge in [-0.3, -0.25) is 4.90 Å². The zero-order chi connectivity index (χ0) is 16.9. The number of benzene rings is 1. The number of phenols is 2. The first kappa shape index (κ1) is 20.5. The largest absolute Gasteiger partial charge is 0.504 e. The highest BCUT2D eigenvalue weighted by Crippen LogP contribution is 2.38. The molecule has 1 unspecified atom stereocenters. The van der Waals surface area contributed by atoms with Crippen molar-refractivity contribution < 1.29 is 10.2 Å². The minimum absolute atomic E-state index is 0. The molecule has 0 radical (unpaired) electrons. The van der Waals surface area contributed by atoms with Crippen molar-refractivity contribution in [2.75, 3.05) is 32.7 Å². The van der Waals surface area contributed by atoms with E-state index in [1.165, 1.54) is 56.2 Å². The number of aromatic hydroxyl groups is 2. The van der Waals surface area contributed by atoms with Crippen LogP contribution in [0.3, 0.4) is 0 Å². The number of rotatable bonds is 7. The highest BCUT2D eigenvalue weighted by Gasteiger charge is 2.33. The molecule has 25 heavy (non-hydrogen) atoms. The smallest absolute Gasteiger partial charge is 0.157 e. The lowest BCUT2D eigenvalue weighted by Crippen LogP contribution is -2.50. The Balaban J connectivity index is 0.00000225. The second kappa shape index (κ2) is 9.79. The number of halogens is 1. The molecule has 2 aliphatic rings. The van der Waals surface area contributed by atoms with Gasteiger partial charge in [-0.15, -0.1) is 17.0 Å². The summed E-state index contributed by atoms with van der Waals surface area (Å²) in [5.74, 6) is 0.0330. The van der Waals surface area contributed by atoms with Crippen molar-refractivity contribution in [3.05, 3.63) is 23.3 Å². The topological polar surface area (TPSA) is 46.9 Å². The molecule has 0 amide bonds. The number of hydrogen-bond donors (Lipinski definition) is 2. The van der Waals surface area contributed by atoms with Crippen LogP contribution in [0.4, 0.5) is 0 Å². The van der Waals surface area contributed by atoms with Gasteiger partial charge in [0, 0.05) is 32.2 Å². The Morgan fingerprint density at radius 3 is 2.48 bits per heavy atom. The third-order valence-electron chi connectivity index (χ3n) is 5.67. The van der Waals surface area contributed by atoms with Crippen molar-refractivity contribution in [1.82, 2.24) is 9.80 Å². The number of fused-ring (bicyclic) bond motifs is 3. The van der Waals surface area contributed by atoms with E-state index in [4.69, 9.17) is 0 Å². The van der Waals surface area contributed by atoms with Gasteiger partial charge in [0.15, 0.2) is 11.5 Å². The highest BCUT2D eigenvalue weighted by atomic mass is 79.9. The van der Waals surface area contributed by atoms with Crippen LogP contribution >= 0.6 is 17.0 Å².